The minimum atomic E-state index is -0.852. The Bertz CT molecular complexity index is 744. The van der Waals surface area contributed by atoms with Crippen LogP contribution < -0.4 is 5.32 Å². The van der Waals surface area contributed by atoms with Crippen LogP contribution in [0.25, 0.3) is 0 Å². The fourth-order valence-corrected chi connectivity index (χ4v) is 2.65. The van der Waals surface area contributed by atoms with Crippen LogP contribution in [0.3, 0.4) is 0 Å². The lowest BCUT2D eigenvalue weighted by atomic mass is 10.2. The minimum absolute atomic E-state index is 0.0797. The Morgan fingerprint density at radius 2 is 1.58 bits per heavy atom. The highest BCUT2D eigenvalue weighted by Gasteiger charge is 2.20. The van der Waals surface area contributed by atoms with Gasteiger partial charge >= 0.3 is 5.97 Å². The summed E-state index contributed by atoms with van der Waals surface area (Å²) >= 11 is 18.0. The van der Waals surface area contributed by atoms with Gasteiger partial charge in [-0.15, -0.1) is 0 Å². The summed E-state index contributed by atoms with van der Waals surface area (Å²) in [5.74, 6) is -1.06. The number of rotatable bonds is 5. The van der Waals surface area contributed by atoms with Crippen molar-refractivity contribution in [1.82, 2.24) is 5.32 Å². The van der Waals surface area contributed by atoms with E-state index in [1.54, 1.807) is 42.5 Å². The van der Waals surface area contributed by atoms with Crippen molar-refractivity contribution in [1.29, 1.82) is 0 Å². The summed E-state index contributed by atoms with van der Waals surface area (Å²) in [5.41, 5.74) is 0.798. The Labute approximate surface area is 154 Å². The first-order valence-corrected chi connectivity index (χ1v) is 8.18. The van der Waals surface area contributed by atoms with Gasteiger partial charge in [-0.3, -0.25) is 4.79 Å². The van der Waals surface area contributed by atoms with Gasteiger partial charge in [0, 0.05) is 15.6 Å². The molecule has 1 N–H and O–H groups in total. The van der Waals surface area contributed by atoms with Crippen LogP contribution in [0.2, 0.25) is 15.1 Å². The van der Waals surface area contributed by atoms with Gasteiger partial charge in [0.15, 0.2) is 0 Å². The molecular weight excluding hydrogens is 373 g/mol. The molecule has 1 amide bonds. The van der Waals surface area contributed by atoms with Crippen LogP contribution in [0.15, 0.2) is 42.5 Å². The van der Waals surface area contributed by atoms with Crippen molar-refractivity contribution in [2.75, 3.05) is 0 Å². The highest BCUT2D eigenvalue weighted by Crippen LogP contribution is 2.25. The number of amides is 1. The molecule has 0 aliphatic heterocycles. The quantitative estimate of drug-likeness (QED) is 0.769. The zero-order valence-electron chi connectivity index (χ0n) is 12.7. The summed E-state index contributed by atoms with van der Waals surface area (Å²) in [5, 5.41) is 3.65. The number of esters is 1. The van der Waals surface area contributed by atoms with Gasteiger partial charge < -0.3 is 10.1 Å². The molecule has 0 spiro atoms. The third kappa shape index (κ3) is 4.63. The van der Waals surface area contributed by atoms with E-state index in [4.69, 9.17) is 39.5 Å². The van der Waals surface area contributed by atoms with Gasteiger partial charge in [-0.2, -0.15) is 0 Å². The summed E-state index contributed by atoms with van der Waals surface area (Å²) in [6.07, 6.45) is 0. The van der Waals surface area contributed by atoms with E-state index in [1.165, 1.54) is 6.92 Å². The third-order valence-corrected chi connectivity index (χ3v) is 4.28. The van der Waals surface area contributed by atoms with Crippen molar-refractivity contribution in [2.45, 2.75) is 19.6 Å². The largest absolute Gasteiger partial charge is 0.459 e. The van der Waals surface area contributed by atoms with Gasteiger partial charge in [0.1, 0.15) is 12.6 Å². The monoisotopic (exact) mass is 385 g/mol. The van der Waals surface area contributed by atoms with Crippen LogP contribution in [0.1, 0.15) is 22.8 Å². The summed E-state index contributed by atoms with van der Waals surface area (Å²) in [6, 6.07) is 10.7. The normalized spacial score (nSPS) is 11.7. The maximum absolute atomic E-state index is 12.1. The fourth-order valence-electron chi connectivity index (χ4n) is 1.92. The topological polar surface area (TPSA) is 55.4 Å². The molecule has 0 heterocycles. The zero-order chi connectivity index (χ0) is 17.7. The molecule has 0 radical (unpaired) electrons. The van der Waals surface area contributed by atoms with E-state index < -0.39 is 17.9 Å². The highest BCUT2D eigenvalue weighted by molar-refractivity contribution is 6.36. The molecule has 0 saturated heterocycles. The lowest BCUT2D eigenvalue weighted by molar-refractivity contribution is -0.146. The van der Waals surface area contributed by atoms with Crippen molar-refractivity contribution in [2.24, 2.45) is 0 Å². The molecule has 24 heavy (non-hydrogen) atoms. The molecule has 1 atom stereocenters. The van der Waals surface area contributed by atoms with E-state index in [0.29, 0.717) is 20.6 Å². The molecule has 2 aromatic rings. The first-order chi connectivity index (χ1) is 11.4. The molecule has 0 bridgehead atoms. The van der Waals surface area contributed by atoms with Crippen molar-refractivity contribution < 1.29 is 14.3 Å². The van der Waals surface area contributed by atoms with Gasteiger partial charge in [-0.1, -0.05) is 53.0 Å². The number of carbonyl (C=O) groups excluding carboxylic acids is 2. The first kappa shape index (κ1) is 18.6. The van der Waals surface area contributed by atoms with Crippen molar-refractivity contribution in [3.8, 4) is 0 Å². The molecule has 4 nitrogen and oxygen atoms in total. The number of hydrogen-bond donors (Lipinski definition) is 1. The lowest BCUT2D eigenvalue weighted by Gasteiger charge is -2.15. The molecule has 7 heteroatoms. The molecule has 2 rings (SSSR count). The smallest absolute Gasteiger partial charge is 0.328 e. The third-order valence-electron chi connectivity index (χ3n) is 3.24. The number of carbonyl (C=O) groups is 2. The van der Waals surface area contributed by atoms with E-state index >= 15 is 0 Å². The molecular formula is C17H14Cl3NO3. The Kier molecular flexibility index (Phi) is 6.49. The Morgan fingerprint density at radius 3 is 2.21 bits per heavy atom. The number of halogens is 3. The van der Waals surface area contributed by atoms with Crippen LogP contribution in [-0.2, 0) is 16.1 Å². The lowest BCUT2D eigenvalue weighted by Crippen LogP contribution is -2.39. The van der Waals surface area contributed by atoms with Crippen LogP contribution in [0.5, 0.6) is 0 Å². The van der Waals surface area contributed by atoms with Gasteiger partial charge in [0.2, 0.25) is 0 Å². The Hall–Kier alpha value is -1.75. The molecule has 0 aliphatic rings. The second kappa shape index (κ2) is 8.38. The maximum Gasteiger partial charge on any atom is 0.328 e. The number of ether oxygens (including phenoxy) is 1. The molecule has 0 unspecified atom stereocenters. The average molecular weight is 387 g/mol. The number of nitrogens with one attached hydrogen (secondary N) is 1. The molecule has 0 aliphatic carbocycles. The molecule has 2 aromatic carbocycles. The molecule has 0 fully saturated rings. The van der Waals surface area contributed by atoms with E-state index in [2.05, 4.69) is 5.32 Å². The summed E-state index contributed by atoms with van der Waals surface area (Å²) in [7, 11) is 0. The highest BCUT2D eigenvalue weighted by atomic mass is 35.5. The Balaban J connectivity index is 1.95. The second-order valence-corrected chi connectivity index (χ2v) is 6.20. The predicted molar refractivity (Wildman–Crippen MR) is 94.6 cm³/mol. The molecule has 126 valence electrons. The standard InChI is InChI=1S/C17H14Cl3NO3/c1-10(21-16(22)11-5-2-3-6-13(11)18)17(23)24-9-12-14(19)7-4-8-15(12)20/h2-8,10H,9H2,1H3,(H,21,22)/t10-/m0/s1. The van der Waals surface area contributed by atoms with Crippen LogP contribution >= 0.6 is 34.8 Å². The first-order valence-electron chi connectivity index (χ1n) is 7.05. The van der Waals surface area contributed by atoms with E-state index in [-0.39, 0.29) is 12.2 Å². The van der Waals surface area contributed by atoms with Gasteiger partial charge in [0.05, 0.1) is 10.6 Å². The van der Waals surface area contributed by atoms with Crippen molar-refractivity contribution in [3.63, 3.8) is 0 Å². The van der Waals surface area contributed by atoms with Crippen LogP contribution in [0, 0.1) is 0 Å². The van der Waals surface area contributed by atoms with Crippen molar-refractivity contribution >= 4 is 46.7 Å². The van der Waals surface area contributed by atoms with Crippen molar-refractivity contribution in [3.05, 3.63) is 68.7 Å². The zero-order valence-corrected chi connectivity index (χ0v) is 15.0. The number of hydrogen-bond acceptors (Lipinski definition) is 3. The van der Waals surface area contributed by atoms with Gasteiger partial charge in [-0.25, -0.2) is 4.79 Å². The van der Waals surface area contributed by atoms with Crippen LogP contribution in [0.4, 0.5) is 0 Å². The van der Waals surface area contributed by atoms with E-state index in [1.807, 2.05) is 0 Å². The van der Waals surface area contributed by atoms with Crippen LogP contribution in [-0.4, -0.2) is 17.9 Å². The molecule has 0 saturated carbocycles. The summed E-state index contributed by atoms with van der Waals surface area (Å²) in [6.45, 7) is 1.44. The minimum Gasteiger partial charge on any atom is -0.459 e. The second-order valence-electron chi connectivity index (χ2n) is 4.98. The summed E-state index contributed by atoms with van der Waals surface area (Å²) in [4.78, 5) is 24.2. The molecule has 0 aromatic heterocycles. The van der Waals surface area contributed by atoms with E-state index in [0.717, 1.165) is 0 Å². The summed E-state index contributed by atoms with van der Waals surface area (Å²) < 4.78 is 5.16. The number of benzene rings is 2. The fraction of sp³-hybridized carbons (Fsp3) is 0.176. The SMILES string of the molecule is C[C@H](NC(=O)c1ccccc1Cl)C(=O)OCc1c(Cl)cccc1Cl. The van der Waals surface area contributed by atoms with Gasteiger partial charge in [0.25, 0.3) is 5.91 Å². The average Bonchev–Trinajstić information content (AvgIpc) is 2.54. The Morgan fingerprint density at radius 1 is 1.00 bits per heavy atom. The van der Waals surface area contributed by atoms with Gasteiger partial charge in [-0.05, 0) is 31.2 Å². The maximum atomic E-state index is 12.1. The van der Waals surface area contributed by atoms with E-state index in [9.17, 15) is 9.59 Å². The predicted octanol–water partition coefficient (Wildman–Crippen LogP) is 4.51.